The first-order chi connectivity index (χ1) is 8.75. The average Bonchev–Trinajstić information content (AvgIpc) is 2.87. The van der Waals surface area contributed by atoms with Crippen LogP contribution in [0.25, 0.3) is 11.3 Å². The summed E-state index contributed by atoms with van der Waals surface area (Å²) in [7, 11) is 0. The molecule has 0 unspecified atom stereocenters. The van der Waals surface area contributed by atoms with Crippen LogP contribution < -0.4 is 0 Å². The summed E-state index contributed by atoms with van der Waals surface area (Å²) in [6.07, 6.45) is 4.60. The van der Waals surface area contributed by atoms with E-state index in [9.17, 15) is 4.79 Å². The third-order valence-electron chi connectivity index (χ3n) is 3.38. The number of nitrogens with one attached hydrogen (secondary N) is 1. The molecule has 0 fully saturated rings. The molecule has 5 heteroatoms. The Morgan fingerprint density at radius 1 is 1.22 bits per heavy atom. The quantitative estimate of drug-likeness (QED) is 0.846. The van der Waals surface area contributed by atoms with Crippen molar-refractivity contribution in [2.45, 2.75) is 25.7 Å². The van der Waals surface area contributed by atoms with Gasteiger partial charge in [0.25, 0.3) is 0 Å². The summed E-state index contributed by atoms with van der Waals surface area (Å²) in [5.41, 5.74) is 3.95. The first kappa shape index (κ1) is 11.0. The molecule has 2 N–H and O–H groups in total. The number of hydrogen-bond donors (Lipinski definition) is 2. The van der Waals surface area contributed by atoms with Crippen LogP contribution in [-0.2, 0) is 12.8 Å². The molecule has 0 saturated heterocycles. The number of H-pyrrole nitrogens is 1. The van der Waals surface area contributed by atoms with Crippen molar-refractivity contribution in [3.05, 3.63) is 35.0 Å². The van der Waals surface area contributed by atoms with Crippen LogP contribution in [0.2, 0.25) is 0 Å². The molecule has 0 radical (unpaired) electrons. The van der Waals surface area contributed by atoms with Gasteiger partial charge in [0.1, 0.15) is 5.69 Å². The number of fused-ring (bicyclic) bond motifs is 1. The summed E-state index contributed by atoms with van der Waals surface area (Å²) in [6.45, 7) is 0. The fourth-order valence-electron chi connectivity index (χ4n) is 2.46. The number of aryl methyl sites for hydroxylation is 2. The van der Waals surface area contributed by atoms with Crippen molar-refractivity contribution in [3.63, 3.8) is 0 Å². The number of aromatic nitrogens is 3. The molecule has 3 rings (SSSR count). The minimum absolute atomic E-state index is 0.0470. The molecule has 0 aliphatic heterocycles. The van der Waals surface area contributed by atoms with Crippen molar-refractivity contribution in [2.75, 3.05) is 0 Å². The number of benzene rings is 1. The van der Waals surface area contributed by atoms with E-state index in [-0.39, 0.29) is 5.69 Å². The highest BCUT2D eigenvalue weighted by Gasteiger charge is 2.17. The molecular formula is C13H13N3O2. The molecule has 5 nitrogen and oxygen atoms in total. The van der Waals surface area contributed by atoms with Crippen molar-refractivity contribution in [1.29, 1.82) is 0 Å². The molecule has 0 spiro atoms. The topological polar surface area (TPSA) is 78.9 Å². The van der Waals surface area contributed by atoms with E-state index in [0.717, 1.165) is 18.4 Å². The van der Waals surface area contributed by atoms with Gasteiger partial charge in [-0.25, -0.2) is 4.79 Å². The maximum atomic E-state index is 11.0. The summed E-state index contributed by atoms with van der Waals surface area (Å²) >= 11 is 0. The Balaban J connectivity index is 2.06. The molecular weight excluding hydrogens is 230 g/mol. The standard InChI is InChI=1S/C13H13N3O2/c17-13(18)12-11(14-16-15-12)10-6-5-8-3-1-2-4-9(8)7-10/h5-7H,1-4H2,(H,17,18)(H,14,15,16). The van der Waals surface area contributed by atoms with Gasteiger partial charge in [-0.1, -0.05) is 17.3 Å². The van der Waals surface area contributed by atoms with E-state index >= 15 is 0 Å². The van der Waals surface area contributed by atoms with Crippen LogP contribution in [0.1, 0.15) is 34.5 Å². The molecule has 0 saturated carbocycles. The van der Waals surface area contributed by atoms with Crippen molar-refractivity contribution in [1.82, 2.24) is 15.4 Å². The maximum Gasteiger partial charge on any atom is 0.356 e. The zero-order valence-corrected chi connectivity index (χ0v) is 9.81. The SMILES string of the molecule is O=C(O)c1[nH]nnc1-c1ccc2c(c1)CCCC2. The van der Waals surface area contributed by atoms with E-state index in [0.29, 0.717) is 5.69 Å². The monoisotopic (exact) mass is 243 g/mol. The van der Waals surface area contributed by atoms with E-state index in [1.54, 1.807) is 0 Å². The largest absolute Gasteiger partial charge is 0.476 e. The normalized spacial score (nSPS) is 14.2. The molecule has 0 atom stereocenters. The average molecular weight is 243 g/mol. The zero-order chi connectivity index (χ0) is 12.5. The summed E-state index contributed by atoms with van der Waals surface area (Å²) < 4.78 is 0. The first-order valence-corrected chi connectivity index (χ1v) is 6.02. The highest BCUT2D eigenvalue weighted by molar-refractivity contribution is 5.92. The Bertz CT molecular complexity index is 604. The minimum Gasteiger partial charge on any atom is -0.476 e. The number of carboxylic acids is 1. The zero-order valence-electron chi connectivity index (χ0n) is 9.81. The fourth-order valence-corrected chi connectivity index (χ4v) is 2.46. The molecule has 1 heterocycles. The number of nitrogens with zero attached hydrogens (tertiary/aromatic N) is 2. The predicted octanol–water partition coefficient (Wildman–Crippen LogP) is 2.05. The van der Waals surface area contributed by atoms with E-state index in [4.69, 9.17) is 5.11 Å². The highest BCUT2D eigenvalue weighted by atomic mass is 16.4. The molecule has 2 aromatic rings. The number of rotatable bonds is 2. The Morgan fingerprint density at radius 3 is 2.78 bits per heavy atom. The summed E-state index contributed by atoms with van der Waals surface area (Å²) in [4.78, 5) is 11.0. The van der Waals surface area contributed by atoms with Gasteiger partial charge in [-0.15, -0.1) is 5.10 Å². The van der Waals surface area contributed by atoms with Gasteiger partial charge in [-0.2, -0.15) is 0 Å². The van der Waals surface area contributed by atoms with Crippen molar-refractivity contribution < 1.29 is 9.90 Å². The van der Waals surface area contributed by atoms with Crippen LogP contribution in [0, 0.1) is 0 Å². The van der Waals surface area contributed by atoms with Crippen LogP contribution in [-0.4, -0.2) is 26.5 Å². The van der Waals surface area contributed by atoms with Gasteiger partial charge < -0.3 is 5.11 Å². The Labute approximate surface area is 104 Å². The number of aromatic amines is 1. The van der Waals surface area contributed by atoms with Gasteiger partial charge in [0.15, 0.2) is 5.69 Å². The second-order valence-corrected chi connectivity index (χ2v) is 4.53. The lowest BCUT2D eigenvalue weighted by atomic mass is 9.90. The van der Waals surface area contributed by atoms with Crippen molar-refractivity contribution >= 4 is 5.97 Å². The molecule has 0 amide bonds. The summed E-state index contributed by atoms with van der Waals surface area (Å²) in [6, 6.07) is 6.04. The van der Waals surface area contributed by atoms with Crippen LogP contribution in [0.15, 0.2) is 18.2 Å². The third-order valence-corrected chi connectivity index (χ3v) is 3.38. The summed E-state index contributed by atoms with van der Waals surface area (Å²) in [5.74, 6) is -1.03. The number of carboxylic acid groups (broad SMARTS) is 1. The summed E-state index contributed by atoms with van der Waals surface area (Å²) in [5, 5.41) is 18.9. The molecule has 1 aromatic carbocycles. The molecule has 92 valence electrons. The van der Waals surface area contributed by atoms with Crippen LogP contribution in [0.5, 0.6) is 0 Å². The number of carbonyl (C=O) groups is 1. The second-order valence-electron chi connectivity index (χ2n) is 4.53. The van der Waals surface area contributed by atoms with E-state index < -0.39 is 5.97 Å². The van der Waals surface area contributed by atoms with E-state index in [2.05, 4.69) is 21.5 Å². The fraction of sp³-hybridized carbons (Fsp3) is 0.308. The highest BCUT2D eigenvalue weighted by Crippen LogP contribution is 2.27. The molecule has 1 aliphatic carbocycles. The second kappa shape index (κ2) is 4.25. The molecule has 1 aromatic heterocycles. The molecule has 1 aliphatic rings. The van der Waals surface area contributed by atoms with Gasteiger partial charge in [-0.05, 0) is 42.9 Å². The molecule has 0 bridgehead atoms. The lowest BCUT2D eigenvalue weighted by Gasteiger charge is -2.16. The first-order valence-electron chi connectivity index (χ1n) is 6.02. The van der Waals surface area contributed by atoms with Gasteiger partial charge in [0, 0.05) is 5.56 Å². The number of hydrogen-bond acceptors (Lipinski definition) is 3. The number of aromatic carboxylic acids is 1. The van der Waals surface area contributed by atoms with Crippen molar-refractivity contribution in [3.8, 4) is 11.3 Å². The Morgan fingerprint density at radius 2 is 2.00 bits per heavy atom. The van der Waals surface area contributed by atoms with Gasteiger partial charge in [-0.3, -0.25) is 5.10 Å². The van der Waals surface area contributed by atoms with E-state index in [1.807, 2.05) is 12.1 Å². The lowest BCUT2D eigenvalue weighted by molar-refractivity contribution is 0.0691. The Kier molecular flexibility index (Phi) is 2.59. The van der Waals surface area contributed by atoms with Gasteiger partial charge >= 0.3 is 5.97 Å². The van der Waals surface area contributed by atoms with Crippen LogP contribution >= 0.6 is 0 Å². The molecule has 18 heavy (non-hydrogen) atoms. The van der Waals surface area contributed by atoms with Crippen molar-refractivity contribution in [2.24, 2.45) is 0 Å². The van der Waals surface area contributed by atoms with Gasteiger partial charge in [0.05, 0.1) is 0 Å². The maximum absolute atomic E-state index is 11.0. The van der Waals surface area contributed by atoms with Crippen LogP contribution in [0.3, 0.4) is 0 Å². The predicted molar refractivity (Wildman–Crippen MR) is 65.4 cm³/mol. The lowest BCUT2D eigenvalue weighted by Crippen LogP contribution is -2.03. The van der Waals surface area contributed by atoms with E-state index in [1.165, 1.54) is 24.0 Å². The minimum atomic E-state index is -1.03. The van der Waals surface area contributed by atoms with Gasteiger partial charge in [0.2, 0.25) is 0 Å². The smallest absolute Gasteiger partial charge is 0.356 e. The third kappa shape index (κ3) is 1.77. The van der Waals surface area contributed by atoms with Crippen LogP contribution in [0.4, 0.5) is 0 Å². The Hall–Kier alpha value is -2.17.